The summed E-state index contributed by atoms with van der Waals surface area (Å²) >= 11 is 0. The number of nitrogens with one attached hydrogen (secondary N) is 2. The highest BCUT2D eigenvalue weighted by Gasteiger charge is 2.28. The minimum atomic E-state index is 0. The topological polar surface area (TPSA) is 41.1 Å². The molecule has 118 valence electrons. The number of carbonyl (C=O) groups excluding carboxylic acids is 1. The van der Waals surface area contributed by atoms with Crippen molar-refractivity contribution in [2.75, 3.05) is 6.54 Å². The molecule has 3 nitrogen and oxygen atoms in total. The summed E-state index contributed by atoms with van der Waals surface area (Å²) in [7, 11) is 0. The smallest absolute Gasteiger partial charge is 0.220 e. The molecule has 20 heavy (non-hydrogen) atoms. The molecule has 2 rings (SSSR count). The molecule has 1 saturated heterocycles. The Hall–Kier alpha value is -0.280. The number of amides is 1. The molecule has 2 fully saturated rings. The fourth-order valence-electron chi connectivity index (χ4n) is 3.72. The molecule has 1 aliphatic carbocycles. The number of hydrogen-bond acceptors (Lipinski definition) is 2. The monoisotopic (exact) mass is 302 g/mol. The van der Waals surface area contributed by atoms with E-state index in [0.717, 1.165) is 13.0 Å². The Morgan fingerprint density at radius 3 is 2.60 bits per heavy atom. The highest BCUT2D eigenvalue weighted by Crippen LogP contribution is 2.30. The van der Waals surface area contributed by atoms with E-state index in [4.69, 9.17) is 0 Å². The Labute approximate surface area is 130 Å². The van der Waals surface area contributed by atoms with E-state index >= 15 is 0 Å². The summed E-state index contributed by atoms with van der Waals surface area (Å²) < 4.78 is 0. The summed E-state index contributed by atoms with van der Waals surface area (Å²) in [6.07, 6.45) is 9.28. The van der Waals surface area contributed by atoms with Gasteiger partial charge in [0.2, 0.25) is 5.91 Å². The van der Waals surface area contributed by atoms with Gasteiger partial charge in [-0.2, -0.15) is 0 Å². The second-order valence-electron chi connectivity index (χ2n) is 6.70. The van der Waals surface area contributed by atoms with E-state index in [0.29, 0.717) is 30.3 Å². The maximum atomic E-state index is 12.1. The Morgan fingerprint density at radius 1 is 1.20 bits per heavy atom. The molecule has 1 saturated carbocycles. The van der Waals surface area contributed by atoms with Gasteiger partial charge in [0.25, 0.3) is 0 Å². The summed E-state index contributed by atoms with van der Waals surface area (Å²) in [4.78, 5) is 12.1. The van der Waals surface area contributed by atoms with Crippen LogP contribution in [0.15, 0.2) is 0 Å². The minimum absolute atomic E-state index is 0. The van der Waals surface area contributed by atoms with Crippen molar-refractivity contribution in [2.45, 2.75) is 77.3 Å². The fourth-order valence-corrected chi connectivity index (χ4v) is 3.72. The maximum absolute atomic E-state index is 12.1. The van der Waals surface area contributed by atoms with Crippen molar-refractivity contribution in [3.8, 4) is 0 Å². The van der Waals surface area contributed by atoms with Crippen LogP contribution in [0.4, 0.5) is 0 Å². The highest BCUT2D eigenvalue weighted by atomic mass is 35.5. The molecule has 2 aliphatic rings. The van der Waals surface area contributed by atoms with Crippen LogP contribution in [0.25, 0.3) is 0 Å². The van der Waals surface area contributed by atoms with Crippen LogP contribution >= 0.6 is 12.4 Å². The lowest BCUT2D eigenvalue weighted by Crippen LogP contribution is -2.44. The third-order valence-electron chi connectivity index (χ3n) is 4.90. The molecule has 0 aromatic carbocycles. The van der Waals surface area contributed by atoms with Crippen LogP contribution in [-0.2, 0) is 4.79 Å². The van der Waals surface area contributed by atoms with Gasteiger partial charge in [0.1, 0.15) is 0 Å². The highest BCUT2D eigenvalue weighted by molar-refractivity contribution is 5.85. The summed E-state index contributed by atoms with van der Waals surface area (Å²) in [6.45, 7) is 5.71. The summed E-state index contributed by atoms with van der Waals surface area (Å²) in [5, 5.41) is 6.77. The first-order chi connectivity index (χ1) is 9.16. The summed E-state index contributed by atoms with van der Waals surface area (Å²) in [5.74, 6) is 1.63. The first-order valence-corrected chi connectivity index (χ1v) is 8.19. The molecular weight excluding hydrogens is 272 g/mol. The van der Waals surface area contributed by atoms with Gasteiger partial charge in [-0.1, -0.05) is 26.7 Å². The lowest BCUT2D eigenvalue weighted by atomic mass is 9.78. The zero-order valence-corrected chi connectivity index (χ0v) is 13.8. The molecule has 2 N–H and O–H groups in total. The Morgan fingerprint density at radius 2 is 1.95 bits per heavy atom. The van der Waals surface area contributed by atoms with E-state index in [-0.39, 0.29) is 18.3 Å². The molecule has 1 amide bonds. The number of halogens is 1. The zero-order valence-electron chi connectivity index (χ0n) is 13.0. The van der Waals surface area contributed by atoms with Gasteiger partial charge in [0.15, 0.2) is 0 Å². The van der Waals surface area contributed by atoms with Crippen molar-refractivity contribution in [2.24, 2.45) is 11.8 Å². The second-order valence-corrected chi connectivity index (χ2v) is 6.70. The van der Waals surface area contributed by atoms with Crippen molar-refractivity contribution in [1.82, 2.24) is 10.6 Å². The predicted octanol–water partition coefficient (Wildman–Crippen LogP) is 3.27. The predicted molar refractivity (Wildman–Crippen MR) is 86.2 cm³/mol. The number of carbonyl (C=O) groups is 1. The van der Waals surface area contributed by atoms with Crippen molar-refractivity contribution in [3.63, 3.8) is 0 Å². The van der Waals surface area contributed by atoms with E-state index in [1.54, 1.807) is 0 Å². The van der Waals surface area contributed by atoms with Crippen LogP contribution in [0.2, 0.25) is 0 Å². The van der Waals surface area contributed by atoms with Crippen LogP contribution in [0.3, 0.4) is 0 Å². The van der Waals surface area contributed by atoms with Gasteiger partial charge in [-0.15, -0.1) is 12.4 Å². The van der Waals surface area contributed by atoms with E-state index in [9.17, 15) is 4.79 Å². The Kier molecular flexibility index (Phi) is 7.90. The van der Waals surface area contributed by atoms with Crippen LogP contribution in [0.5, 0.6) is 0 Å². The second kappa shape index (κ2) is 8.89. The molecule has 0 aromatic heterocycles. The Balaban J connectivity index is 0.00000200. The molecule has 4 heteroatoms. The third-order valence-corrected chi connectivity index (χ3v) is 4.90. The molecule has 1 heterocycles. The maximum Gasteiger partial charge on any atom is 0.220 e. The van der Waals surface area contributed by atoms with Crippen LogP contribution in [-0.4, -0.2) is 24.5 Å². The SMILES string of the molecule is CC(C)C1CCCCC1NC(=O)CCC1CCCN1.Cl. The quantitative estimate of drug-likeness (QED) is 0.818. The van der Waals surface area contributed by atoms with Gasteiger partial charge < -0.3 is 10.6 Å². The van der Waals surface area contributed by atoms with Gasteiger partial charge in [-0.25, -0.2) is 0 Å². The van der Waals surface area contributed by atoms with Crippen LogP contribution in [0, 0.1) is 11.8 Å². The van der Waals surface area contributed by atoms with Crippen molar-refractivity contribution < 1.29 is 4.79 Å². The zero-order chi connectivity index (χ0) is 13.7. The van der Waals surface area contributed by atoms with Gasteiger partial charge in [-0.05, 0) is 50.5 Å². The number of rotatable bonds is 5. The molecule has 0 bridgehead atoms. The minimum Gasteiger partial charge on any atom is -0.353 e. The van der Waals surface area contributed by atoms with Crippen LogP contribution in [0.1, 0.15) is 65.2 Å². The average Bonchev–Trinajstić information content (AvgIpc) is 2.90. The first-order valence-electron chi connectivity index (χ1n) is 8.19. The van der Waals surface area contributed by atoms with Crippen molar-refractivity contribution in [1.29, 1.82) is 0 Å². The average molecular weight is 303 g/mol. The van der Waals surface area contributed by atoms with E-state index in [1.807, 2.05) is 0 Å². The number of hydrogen-bond donors (Lipinski definition) is 2. The lowest BCUT2D eigenvalue weighted by molar-refractivity contribution is -0.122. The van der Waals surface area contributed by atoms with E-state index in [2.05, 4.69) is 24.5 Å². The third kappa shape index (κ3) is 5.25. The van der Waals surface area contributed by atoms with E-state index < -0.39 is 0 Å². The van der Waals surface area contributed by atoms with Gasteiger partial charge in [0.05, 0.1) is 0 Å². The van der Waals surface area contributed by atoms with Crippen LogP contribution < -0.4 is 10.6 Å². The molecule has 0 aromatic rings. The van der Waals surface area contributed by atoms with Crippen molar-refractivity contribution in [3.05, 3.63) is 0 Å². The van der Waals surface area contributed by atoms with Crippen molar-refractivity contribution >= 4 is 18.3 Å². The normalized spacial score (nSPS) is 30.1. The van der Waals surface area contributed by atoms with E-state index in [1.165, 1.54) is 38.5 Å². The standard InChI is InChI=1S/C16H30N2O.ClH/c1-12(2)14-7-3-4-8-15(14)18-16(19)10-9-13-6-5-11-17-13;/h12-15,17H,3-11H2,1-2H3,(H,18,19);1H. The molecule has 3 atom stereocenters. The molecule has 0 spiro atoms. The molecule has 1 aliphatic heterocycles. The Bertz CT molecular complexity index is 290. The first kappa shape index (κ1) is 17.8. The molecular formula is C16H31ClN2O. The molecule has 3 unspecified atom stereocenters. The fraction of sp³-hybridized carbons (Fsp3) is 0.938. The van der Waals surface area contributed by atoms with Gasteiger partial charge >= 0.3 is 0 Å². The lowest BCUT2D eigenvalue weighted by Gasteiger charge is -2.35. The molecule has 0 radical (unpaired) electrons. The summed E-state index contributed by atoms with van der Waals surface area (Å²) in [5.41, 5.74) is 0. The van der Waals surface area contributed by atoms with Gasteiger partial charge in [0, 0.05) is 18.5 Å². The largest absolute Gasteiger partial charge is 0.353 e. The summed E-state index contributed by atoms with van der Waals surface area (Å²) in [6, 6.07) is 1.01. The van der Waals surface area contributed by atoms with Gasteiger partial charge in [-0.3, -0.25) is 4.79 Å².